The lowest BCUT2D eigenvalue weighted by molar-refractivity contribution is 0.0971. The number of nitrogens with one attached hydrogen (secondary N) is 1. The quantitative estimate of drug-likeness (QED) is 0.529. The van der Waals surface area contributed by atoms with Crippen LogP contribution in [0.15, 0.2) is 47.4 Å². The highest BCUT2D eigenvalue weighted by Crippen LogP contribution is 2.20. The van der Waals surface area contributed by atoms with Crippen molar-refractivity contribution in [1.29, 1.82) is 0 Å². The number of hydrogen-bond acceptors (Lipinski definition) is 5. The van der Waals surface area contributed by atoms with Gasteiger partial charge in [-0.3, -0.25) is 14.2 Å². The number of piperazine rings is 1. The van der Waals surface area contributed by atoms with Gasteiger partial charge in [0.1, 0.15) is 5.52 Å². The van der Waals surface area contributed by atoms with Gasteiger partial charge in [-0.2, -0.15) is 0 Å². The number of carbonyl (C=O) groups is 1. The van der Waals surface area contributed by atoms with Crippen LogP contribution in [0.25, 0.3) is 11.0 Å². The van der Waals surface area contributed by atoms with Gasteiger partial charge in [0, 0.05) is 37.9 Å². The molecular weight excluding hydrogens is 366 g/mol. The predicted molar refractivity (Wildman–Crippen MR) is 113 cm³/mol. The molecule has 3 aromatic rings. The third kappa shape index (κ3) is 3.80. The fourth-order valence-electron chi connectivity index (χ4n) is 3.57. The number of Topliss-reactive ketones (excluding diaryl/α,β-unsaturated/α-hetero) is 1. The van der Waals surface area contributed by atoms with Crippen LogP contribution < -0.4 is 15.8 Å². The Labute approximate surface area is 169 Å². The van der Waals surface area contributed by atoms with E-state index in [9.17, 15) is 9.59 Å². The Morgan fingerprint density at radius 3 is 2.66 bits per heavy atom. The van der Waals surface area contributed by atoms with E-state index in [4.69, 9.17) is 4.98 Å². The maximum Gasteiger partial charge on any atom is 0.277 e. The molecule has 3 heterocycles. The minimum atomic E-state index is -0.224. The number of fused-ring (bicyclic) bond motifs is 1. The molecule has 1 aliphatic rings. The number of ketones is 1. The van der Waals surface area contributed by atoms with E-state index < -0.39 is 0 Å². The number of pyridine rings is 1. The third-order valence-corrected chi connectivity index (χ3v) is 5.07. The van der Waals surface area contributed by atoms with E-state index in [2.05, 4.69) is 22.1 Å². The first-order chi connectivity index (χ1) is 14.2. The zero-order valence-electron chi connectivity index (χ0n) is 16.4. The van der Waals surface area contributed by atoms with Gasteiger partial charge in [-0.05, 0) is 13.0 Å². The molecule has 0 aliphatic carbocycles. The Balaban J connectivity index is 1.76. The Bertz CT molecular complexity index is 1140. The average molecular weight is 389 g/mol. The SMILES string of the molecule is CC#CCn1c(N2CCNCC2)nc2ccn(CC(=O)c3ccccc3)c(=O)c21. The Morgan fingerprint density at radius 1 is 1.17 bits per heavy atom. The smallest absolute Gasteiger partial charge is 0.277 e. The van der Waals surface area contributed by atoms with Gasteiger partial charge in [0.05, 0.1) is 18.6 Å². The molecule has 1 aliphatic heterocycles. The number of hydrogen-bond donors (Lipinski definition) is 1. The summed E-state index contributed by atoms with van der Waals surface area (Å²) in [7, 11) is 0. The highest BCUT2D eigenvalue weighted by molar-refractivity contribution is 5.96. The first kappa shape index (κ1) is 19.0. The van der Waals surface area contributed by atoms with Crippen LogP contribution in [0.4, 0.5) is 5.95 Å². The van der Waals surface area contributed by atoms with Gasteiger partial charge in [0.25, 0.3) is 5.56 Å². The number of anilines is 1. The van der Waals surface area contributed by atoms with Crippen LogP contribution in [0, 0.1) is 11.8 Å². The molecule has 1 saturated heterocycles. The van der Waals surface area contributed by atoms with Gasteiger partial charge in [0.2, 0.25) is 5.95 Å². The molecule has 29 heavy (non-hydrogen) atoms. The van der Waals surface area contributed by atoms with Crippen molar-refractivity contribution in [2.75, 3.05) is 31.1 Å². The number of imidazole rings is 1. The topological polar surface area (TPSA) is 72.2 Å². The van der Waals surface area contributed by atoms with E-state index in [1.165, 1.54) is 4.57 Å². The van der Waals surface area contributed by atoms with Crippen molar-refractivity contribution in [1.82, 2.24) is 19.4 Å². The van der Waals surface area contributed by atoms with Gasteiger partial charge in [-0.25, -0.2) is 4.98 Å². The lowest BCUT2D eigenvalue weighted by atomic mass is 10.1. The van der Waals surface area contributed by atoms with E-state index in [1.807, 2.05) is 22.8 Å². The van der Waals surface area contributed by atoms with Crippen molar-refractivity contribution < 1.29 is 4.79 Å². The van der Waals surface area contributed by atoms with E-state index in [0.717, 1.165) is 32.1 Å². The second kappa shape index (κ2) is 8.33. The van der Waals surface area contributed by atoms with Crippen molar-refractivity contribution >= 4 is 22.8 Å². The van der Waals surface area contributed by atoms with Gasteiger partial charge >= 0.3 is 0 Å². The van der Waals surface area contributed by atoms with E-state index in [1.54, 1.807) is 31.3 Å². The Hall–Kier alpha value is -3.37. The Kier molecular flexibility index (Phi) is 5.45. The maximum atomic E-state index is 13.2. The fourth-order valence-corrected chi connectivity index (χ4v) is 3.57. The number of carbonyl (C=O) groups excluding carboxylic acids is 1. The van der Waals surface area contributed by atoms with Gasteiger partial charge in [-0.1, -0.05) is 36.3 Å². The molecule has 0 atom stereocenters. The van der Waals surface area contributed by atoms with Crippen molar-refractivity contribution in [3.63, 3.8) is 0 Å². The first-order valence-corrected chi connectivity index (χ1v) is 9.72. The zero-order chi connectivity index (χ0) is 20.2. The van der Waals surface area contributed by atoms with Crippen LogP contribution in [-0.2, 0) is 13.1 Å². The number of benzene rings is 1. The molecule has 4 rings (SSSR count). The molecule has 0 unspecified atom stereocenters. The molecule has 7 heteroatoms. The van der Waals surface area contributed by atoms with Gasteiger partial charge in [-0.15, -0.1) is 5.92 Å². The summed E-state index contributed by atoms with van der Waals surface area (Å²) in [6, 6.07) is 10.8. The van der Waals surface area contributed by atoms with Crippen LogP contribution in [0.3, 0.4) is 0 Å². The number of aromatic nitrogens is 3. The van der Waals surface area contributed by atoms with Crippen LogP contribution >= 0.6 is 0 Å². The molecule has 148 valence electrons. The highest BCUT2D eigenvalue weighted by atomic mass is 16.1. The second-order valence-corrected chi connectivity index (χ2v) is 6.93. The van der Waals surface area contributed by atoms with E-state index in [0.29, 0.717) is 23.1 Å². The van der Waals surface area contributed by atoms with Crippen molar-refractivity contribution in [3.05, 3.63) is 58.5 Å². The van der Waals surface area contributed by atoms with Crippen LogP contribution in [0.1, 0.15) is 17.3 Å². The normalized spacial score (nSPS) is 13.9. The summed E-state index contributed by atoms with van der Waals surface area (Å²) in [5, 5.41) is 3.33. The summed E-state index contributed by atoms with van der Waals surface area (Å²) in [6.45, 7) is 5.55. The van der Waals surface area contributed by atoms with Crippen molar-refractivity contribution in [3.8, 4) is 11.8 Å². The van der Waals surface area contributed by atoms with Crippen LogP contribution in [0.2, 0.25) is 0 Å². The molecular formula is C22H23N5O2. The second-order valence-electron chi connectivity index (χ2n) is 6.93. The van der Waals surface area contributed by atoms with E-state index in [-0.39, 0.29) is 17.9 Å². The van der Waals surface area contributed by atoms with Gasteiger partial charge < -0.3 is 14.8 Å². The summed E-state index contributed by atoms with van der Waals surface area (Å²) < 4.78 is 3.33. The van der Waals surface area contributed by atoms with Crippen molar-refractivity contribution in [2.24, 2.45) is 0 Å². The molecule has 7 nitrogen and oxygen atoms in total. The molecule has 0 radical (unpaired) electrons. The lowest BCUT2D eigenvalue weighted by Gasteiger charge is -2.28. The average Bonchev–Trinajstić information content (AvgIpc) is 3.14. The zero-order valence-corrected chi connectivity index (χ0v) is 16.4. The standard InChI is InChI=1S/C22H23N5O2/c1-2-3-12-27-20-18(24-22(27)25-14-10-23-11-15-25)9-13-26(21(20)29)16-19(28)17-7-5-4-6-8-17/h4-9,13,23H,10-12,14-16H2,1H3. The molecule has 1 fully saturated rings. The monoisotopic (exact) mass is 389 g/mol. The van der Waals surface area contributed by atoms with Crippen molar-refractivity contribution in [2.45, 2.75) is 20.0 Å². The fraction of sp³-hybridized carbons (Fsp3) is 0.318. The Morgan fingerprint density at radius 2 is 1.93 bits per heavy atom. The predicted octanol–water partition coefficient (Wildman–Crippen LogP) is 1.51. The number of rotatable bonds is 5. The molecule has 1 aromatic carbocycles. The van der Waals surface area contributed by atoms with E-state index >= 15 is 0 Å². The summed E-state index contributed by atoms with van der Waals surface area (Å²) in [5.74, 6) is 6.60. The minimum absolute atomic E-state index is 0.00755. The molecule has 1 N–H and O–H groups in total. The summed E-state index contributed by atoms with van der Waals surface area (Å²) in [4.78, 5) is 32.7. The third-order valence-electron chi connectivity index (χ3n) is 5.07. The lowest BCUT2D eigenvalue weighted by Crippen LogP contribution is -2.44. The maximum absolute atomic E-state index is 13.2. The molecule has 2 aromatic heterocycles. The van der Waals surface area contributed by atoms with Gasteiger partial charge in [0.15, 0.2) is 5.78 Å². The molecule has 0 saturated carbocycles. The van der Waals surface area contributed by atoms with Crippen LogP contribution in [-0.4, -0.2) is 46.1 Å². The van der Waals surface area contributed by atoms with Crippen LogP contribution in [0.5, 0.6) is 0 Å². The largest absolute Gasteiger partial charge is 0.340 e. The molecule has 0 amide bonds. The number of nitrogens with zero attached hydrogens (tertiary/aromatic N) is 4. The first-order valence-electron chi connectivity index (χ1n) is 9.72. The summed E-state index contributed by atoms with van der Waals surface area (Å²) in [6.07, 6.45) is 1.65. The minimum Gasteiger partial charge on any atom is -0.340 e. The molecule has 0 bridgehead atoms. The highest BCUT2D eigenvalue weighted by Gasteiger charge is 2.21. The summed E-state index contributed by atoms with van der Waals surface area (Å²) >= 11 is 0. The summed E-state index contributed by atoms with van der Waals surface area (Å²) in [5.41, 5.74) is 1.49. The molecule has 0 spiro atoms.